The van der Waals surface area contributed by atoms with Crippen molar-refractivity contribution in [2.45, 2.75) is 19.4 Å². The second kappa shape index (κ2) is 5.73. The van der Waals surface area contributed by atoms with Crippen LogP contribution in [0.1, 0.15) is 12.5 Å². The third kappa shape index (κ3) is 3.85. The predicted octanol–water partition coefficient (Wildman–Crippen LogP) is 1.30. The van der Waals surface area contributed by atoms with Crippen molar-refractivity contribution in [1.82, 2.24) is 5.32 Å². The van der Waals surface area contributed by atoms with E-state index in [1.165, 1.54) is 6.07 Å². The molecule has 0 aliphatic carbocycles. The van der Waals surface area contributed by atoms with E-state index in [1.807, 2.05) is 6.07 Å². The lowest BCUT2D eigenvalue weighted by Crippen LogP contribution is -2.32. The van der Waals surface area contributed by atoms with E-state index < -0.39 is 0 Å². The molecule has 0 aliphatic heterocycles. The number of nitrogens with two attached hydrogens (primary N) is 1. The molecular formula is C11H17FN2. The van der Waals surface area contributed by atoms with Gasteiger partial charge in [0.25, 0.3) is 0 Å². The van der Waals surface area contributed by atoms with Crippen LogP contribution in [-0.4, -0.2) is 19.1 Å². The van der Waals surface area contributed by atoms with Crippen molar-refractivity contribution in [2.24, 2.45) is 5.73 Å². The van der Waals surface area contributed by atoms with Crippen LogP contribution in [0.25, 0.3) is 0 Å². The molecule has 0 aliphatic rings. The van der Waals surface area contributed by atoms with Crippen LogP contribution in [0.3, 0.4) is 0 Å². The van der Waals surface area contributed by atoms with Gasteiger partial charge < -0.3 is 11.1 Å². The standard InChI is InChI=1S/C11H17FN2/c1-9(14-6-5-13)7-10-3-2-4-11(12)8-10/h2-4,8-9,14H,5-7,13H2,1H3. The van der Waals surface area contributed by atoms with Crippen molar-refractivity contribution >= 4 is 0 Å². The second-order valence-corrected chi connectivity index (χ2v) is 3.48. The molecule has 1 unspecified atom stereocenters. The first kappa shape index (κ1) is 11.1. The maximum Gasteiger partial charge on any atom is 0.123 e. The summed E-state index contributed by atoms with van der Waals surface area (Å²) in [7, 11) is 0. The Balaban J connectivity index is 2.43. The molecule has 1 atom stereocenters. The molecule has 2 nitrogen and oxygen atoms in total. The lowest BCUT2D eigenvalue weighted by atomic mass is 10.1. The highest BCUT2D eigenvalue weighted by molar-refractivity contribution is 5.17. The van der Waals surface area contributed by atoms with Crippen molar-refractivity contribution in [1.29, 1.82) is 0 Å². The van der Waals surface area contributed by atoms with Gasteiger partial charge in [-0.2, -0.15) is 0 Å². The first-order valence-electron chi connectivity index (χ1n) is 4.90. The van der Waals surface area contributed by atoms with Crippen molar-refractivity contribution in [3.63, 3.8) is 0 Å². The van der Waals surface area contributed by atoms with Gasteiger partial charge in [-0.15, -0.1) is 0 Å². The molecule has 78 valence electrons. The molecule has 0 amide bonds. The minimum absolute atomic E-state index is 0.173. The highest BCUT2D eigenvalue weighted by Gasteiger charge is 2.02. The maximum atomic E-state index is 12.8. The van der Waals surface area contributed by atoms with Gasteiger partial charge in [-0.05, 0) is 31.0 Å². The molecule has 0 aromatic heterocycles. The van der Waals surface area contributed by atoms with Crippen molar-refractivity contribution in [3.8, 4) is 0 Å². The van der Waals surface area contributed by atoms with E-state index in [2.05, 4.69) is 12.2 Å². The minimum atomic E-state index is -0.173. The van der Waals surface area contributed by atoms with Crippen LogP contribution in [0, 0.1) is 5.82 Å². The van der Waals surface area contributed by atoms with Crippen molar-refractivity contribution in [2.75, 3.05) is 13.1 Å². The van der Waals surface area contributed by atoms with E-state index in [0.717, 1.165) is 18.5 Å². The van der Waals surface area contributed by atoms with Gasteiger partial charge in [-0.1, -0.05) is 12.1 Å². The monoisotopic (exact) mass is 196 g/mol. The van der Waals surface area contributed by atoms with E-state index in [1.54, 1.807) is 12.1 Å². The van der Waals surface area contributed by atoms with E-state index in [9.17, 15) is 4.39 Å². The highest BCUT2D eigenvalue weighted by atomic mass is 19.1. The summed E-state index contributed by atoms with van der Waals surface area (Å²) in [6.45, 7) is 3.50. The van der Waals surface area contributed by atoms with E-state index in [4.69, 9.17) is 5.73 Å². The van der Waals surface area contributed by atoms with Gasteiger partial charge in [-0.3, -0.25) is 0 Å². The van der Waals surface area contributed by atoms with Crippen LogP contribution in [0.4, 0.5) is 4.39 Å². The Kier molecular flexibility index (Phi) is 4.56. The van der Waals surface area contributed by atoms with E-state index in [0.29, 0.717) is 12.6 Å². The van der Waals surface area contributed by atoms with Gasteiger partial charge in [-0.25, -0.2) is 4.39 Å². The third-order valence-electron chi connectivity index (χ3n) is 2.07. The zero-order chi connectivity index (χ0) is 10.4. The van der Waals surface area contributed by atoms with Crippen LogP contribution in [0.5, 0.6) is 0 Å². The van der Waals surface area contributed by atoms with Crippen LogP contribution in [0.15, 0.2) is 24.3 Å². The Morgan fingerprint density at radius 2 is 2.29 bits per heavy atom. The number of hydrogen-bond donors (Lipinski definition) is 2. The maximum absolute atomic E-state index is 12.8. The summed E-state index contributed by atoms with van der Waals surface area (Å²) in [5, 5.41) is 3.25. The van der Waals surface area contributed by atoms with Gasteiger partial charge in [0.1, 0.15) is 5.82 Å². The fraction of sp³-hybridized carbons (Fsp3) is 0.455. The Labute approximate surface area is 84.3 Å². The van der Waals surface area contributed by atoms with E-state index in [-0.39, 0.29) is 5.82 Å². The molecule has 0 saturated heterocycles. The molecule has 3 N–H and O–H groups in total. The summed E-state index contributed by atoms with van der Waals surface area (Å²) in [5.41, 5.74) is 6.39. The SMILES string of the molecule is CC(Cc1cccc(F)c1)NCCN. The van der Waals surface area contributed by atoms with Gasteiger partial charge in [0.05, 0.1) is 0 Å². The summed E-state index contributed by atoms with van der Waals surface area (Å²) < 4.78 is 12.8. The minimum Gasteiger partial charge on any atom is -0.329 e. The third-order valence-corrected chi connectivity index (χ3v) is 2.07. The first-order valence-corrected chi connectivity index (χ1v) is 4.90. The molecule has 0 spiro atoms. The Morgan fingerprint density at radius 1 is 1.50 bits per heavy atom. The summed E-state index contributed by atoms with van der Waals surface area (Å²) in [6, 6.07) is 7.03. The number of benzene rings is 1. The molecule has 14 heavy (non-hydrogen) atoms. The average Bonchev–Trinajstić information content (AvgIpc) is 2.15. The number of hydrogen-bond acceptors (Lipinski definition) is 2. The smallest absolute Gasteiger partial charge is 0.123 e. The Morgan fingerprint density at radius 3 is 2.93 bits per heavy atom. The zero-order valence-electron chi connectivity index (χ0n) is 8.46. The molecule has 3 heteroatoms. The molecule has 1 aromatic carbocycles. The van der Waals surface area contributed by atoms with E-state index >= 15 is 0 Å². The summed E-state index contributed by atoms with van der Waals surface area (Å²) in [4.78, 5) is 0. The predicted molar refractivity (Wildman–Crippen MR) is 56.6 cm³/mol. The van der Waals surface area contributed by atoms with Crippen LogP contribution in [-0.2, 0) is 6.42 Å². The van der Waals surface area contributed by atoms with Crippen LogP contribution < -0.4 is 11.1 Å². The normalized spacial score (nSPS) is 12.8. The zero-order valence-corrected chi connectivity index (χ0v) is 8.46. The molecule has 1 rings (SSSR count). The fourth-order valence-corrected chi connectivity index (χ4v) is 1.42. The van der Waals surface area contributed by atoms with Crippen molar-refractivity contribution < 1.29 is 4.39 Å². The number of halogens is 1. The second-order valence-electron chi connectivity index (χ2n) is 3.48. The van der Waals surface area contributed by atoms with Crippen LogP contribution >= 0.6 is 0 Å². The molecule has 0 fully saturated rings. The summed E-state index contributed by atoms with van der Waals surface area (Å²) in [5.74, 6) is -0.173. The van der Waals surface area contributed by atoms with Crippen molar-refractivity contribution in [3.05, 3.63) is 35.6 Å². The van der Waals surface area contributed by atoms with Crippen LogP contribution in [0.2, 0.25) is 0 Å². The van der Waals surface area contributed by atoms with Gasteiger partial charge in [0.15, 0.2) is 0 Å². The molecule has 1 aromatic rings. The number of nitrogens with one attached hydrogen (secondary N) is 1. The molecule has 0 radical (unpaired) electrons. The average molecular weight is 196 g/mol. The quantitative estimate of drug-likeness (QED) is 0.745. The van der Waals surface area contributed by atoms with Gasteiger partial charge in [0.2, 0.25) is 0 Å². The first-order chi connectivity index (χ1) is 6.72. The topological polar surface area (TPSA) is 38.0 Å². The van der Waals surface area contributed by atoms with Gasteiger partial charge >= 0.3 is 0 Å². The summed E-state index contributed by atoms with van der Waals surface area (Å²) >= 11 is 0. The largest absolute Gasteiger partial charge is 0.329 e. The fourth-order valence-electron chi connectivity index (χ4n) is 1.42. The molecular weight excluding hydrogens is 179 g/mol. The molecule has 0 heterocycles. The number of rotatable bonds is 5. The lowest BCUT2D eigenvalue weighted by Gasteiger charge is -2.12. The lowest BCUT2D eigenvalue weighted by molar-refractivity contribution is 0.550. The Bertz CT molecular complexity index is 276. The summed E-state index contributed by atoms with van der Waals surface area (Å²) in [6.07, 6.45) is 0.831. The van der Waals surface area contributed by atoms with Gasteiger partial charge in [0, 0.05) is 19.1 Å². The highest BCUT2D eigenvalue weighted by Crippen LogP contribution is 2.05. The molecule has 0 saturated carbocycles. The molecule has 0 bridgehead atoms. The Hall–Kier alpha value is -0.930.